The molecule has 0 radical (unpaired) electrons. The Morgan fingerprint density at radius 1 is 1.50 bits per heavy atom. The Bertz CT molecular complexity index is 462. The molecule has 0 atom stereocenters. The van der Waals surface area contributed by atoms with Crippen molar-refractivity contribution in [1.82, 2.24) is 14.7 Å². The van der Waals surface area contributed by atoms with Crippen molar-refractivity contribution in [2.24, 2.45) is 5.14 Å². The summed E-state index contributed by atoms with van der Waals surface area (Å²) in [5.41, 5.74) is -0.285. The first kappa shape index (κ1) is 13.1. The molecule has 0 aromatic carbocycles. The Morgan fingerprint density at radius 2 is 2.06 bits per heavy atom. The fourth-order valence-corrected chi connectivity index (χ4v) is 2.09. The molecule has 0 saturated heterocycles. The molecule has 16 heavy (non-hydrogen) atoms. The van der Waals surface area contributed by atoms with Crippen LogP contribution in [0.5, 0.6) is 0 Å². The van der Waals surface area contributed by atoms with Crippen molar-refractivity contribution in [2.45, 2.75) is 24.4 Å². The molecule has 2 N–H and O–H groups in total. The maximum atomic E-state index is 11.1. The monoisotopic (exact) mass is 246 g/mol. The lowest BCUT2D eigenvalue weighted by molar-refractivity contribution is 0.221. The van der Waals surface area contributed by atoms with E-state index in [9.17, 15) is 8.42 Å². The van der Waals surface area contributed by atoms with Crippen molar-refractivity contribution in [2.75, 3.05) is 20.6 Å². The van der Waals surface area contributed by atoms with E-state index in [0.717, 1.165) is 6.54 Å². The highest BCUT2D eigenvalue weighted by Crippen LogP contribution is 2.16. The molecule has 0 aliphatic heterocycles. The number of hydrogen-bond acceptors (Lipinski definition) is 4. The van der Waals surface area contributed by atoms with Crippen LogP contribution in [0.3, 0.4) is 0 Å². The number of nitrogens with zero attached hydrogens (tertiary/aromatic N) is 3. The Balaban J connectivity index is 3.02. The number of primary sulfonamides is 1. The number of nitrogens with two attached hydrogens (primary N) is 1. The van der Waals surface area contributed by atoms with E-state index in [-0.39, 0.29) is 10.6 Å². The lowest BCUT2D eigenvalue weighted by atomic mass is 10.1. The summed E-state index contributed by atoms with van der Waals surface area (Å²) in [7, 11) is 0.184. The van der Waals surface area contributed by atoms with Gasteiger partial charge in [0.15, 0.2) is 5.03 Å². The third kappa shape index (κ3) is 3.03. The van der Waals surface area contributed by atoms with Crippen LogP contribution in [-0.2, 0) is 15.6 Å². The molecule has 0 unspecified atom stereocenters. The first-order chi connectivity index (χ1) is 7.13. The van der Waals surface area contributed by atoms with E-state index >= 15 is 0 Å². The van der Waals surface area contributed by atoms with Crippen LogP contribution >= 0.6 is 0 Å². The smallest absolute Gasteiger partial charge is 0.257 e. The van der Waals surface area contributed by atoms with E-state index in [1.54, 1.807) is 10.9 Å². The zero-order chi connectivity index (χ0) is 12.6. The van der Waals surface area contributed by atoms with Crippen LogP contribution in [0.1, 0.15) is 13.8 Å². The van der Waals surface area contributed by atoms with E-state index in [4.69, 9.17) is 5.14 Å². The molecule has 1 aromatic rings. The van der Waals surface area contributed by atoms with Gasteiger partial charge in [0.25, 0.3) is 10.0 Å². The quantitative estimate of drug-likeness (QED) is 0.799. The molecule has 1 aromatic heterocycles. The van der Waals surface area contributed by atoms with Gasteiger partial charge in [-0.25, -0.2) is 13.6 Å². The SMILES string of the molecule is CN(C)CC(C)(C)n1ccc(S(N)(=O)=O)n1. The summed E-state index contributed by atoms with van der Waals surface area (Å²) in [6.07, 6.45) is 1.63. The molecule has 0 fully saturated rings. The first-order valence-corrected chi connectivity index (χ1v) is 6.41. The van der Waals surface area contributed by atoms with Gasteiger partial charge in [0.05, 0.1) is 5.54 Å². The van der Waals surface area contributed by atoms with E-state index in [1.807, 2.05) is 32.8 Å². The van der Waals surface area contributed by atoms with Gasteiger partial charge in [-0.15, -0.1) is 0 Å². The molecule has 0 spiro atoms. The van der Waals surface area contributed by atoms with E-state index in [1.165, 1.54) is 6.07 Å². The average molecular weight is 246 g/mol. The van der Waals surface area contributed by atoms with Crippen molar-refractivity contribution < 1.29 is 8.42 Å². The summed E-state index contributed by atoms with van der Waals surface area (Å²) in [4.78, 5) is 2.01. The lowest BCUT2D eigenvalue weighted by Crippen LogP contribution is -2.38. The predicted molar refractivity (Wildman–Crippen MR) is 61.5 cm³/mol. The van der Waals surface area contributed by atoms with Crippen LogP contribution in [0.15, 0.2) is 17.3 Å². The molecule has 0 saturated carbocycles. The molecular weight excluding hydrogens is 228 g/mol. The van der Waals surface area contributed by atoms with Crippen molar-refractivity contribution in [3.63, 3.8) is 0 Å². The Hall–Kier alpha value is -0.920. The second kappa shape index (κ2) is 4.15. The predicted octanol–water partition coefficient (Wildman–Crippen LogP) is -0.173. The van der Waals surface area contributed by atoms with E-state index < -0.39 is 10.0 Å². The fourth-order valence-electron chi connectivity index (χ4n) is 1.64. The highest BCUT2D eigenvalue weighted by atomic mass is 32.2. The Kier molecular flexibility index (Phi) is 3.41. The summed E-state index contributed by atoms with van der Waals surface area (Å²) in [5, 5.41) is 8.89. The van der Waals surface area contributed by atoms with E-state index in [0.29, 0.717) is 0 Å². The highest BCUT2D eigenvalue weighted by Gasteiger charge is 2.23. The highest BCUT2D eigenvalue weighted by molar-refractivity contribution is 7.89. The number of likely N-dealkylation sites (N-methyl/N-ethyl adjacent to an activating group) is 1. The Morgan fingerprint density at radius 3 is 2.44 bits per heavy atom. The van der Waals surface area contributed by atoms with Gasteiger partial charge in [-0.05, 0) is 34.0 Å². The summed E-state index contributed by atoms with van der Waals surface area (Å²) >= 11 is 0. The maximum absolute atomic E-state index is 11.1. The van der Waals surface area contributed by atoms with Crippen molar-refractivity contribution >= 4 is 10.0 Å². The van der Waals surface area contributed by atoms with Crippen molar-refractivity contribution in [3.05, 3.63) is 12.3 Å². The topological polar surface area (TPSA) is 81.2 Å². The second-order valence-electron chi connectivity index (χ2n) is 4.69. The fraction of sp³-hybridized carbons (Fsp3) is 0.667. The average Bonchev–Trinajstić information content (AvgIpc) is 2.47. The third-order valence-electron chi connectivity index (χ3n) is 2.18. The molecule has 0 aliphatic carbocycles. The van der Waals surface area contributed by atoms with Crippen LogP contribution < -0.4 is 5.14 Å². The van der Waals surface area contributed by atoms with Gasteiger partial charge in [0, 0.05) is 12.7 Å². The molecule has 1 heterocycles. The van der Waals surface area contributed by atoms with Crippen LogP contribution in [0.25, 0.3) is 0 Å². The first-order valence-electron chi connectivity index (χ1n) is 4.86. The van der Waals surface area contributed by atoms with Crippen LogP contribution in [0.4, 0.5) is 0 Å². The zero-order valence-electron chi connectivity index (χ0n) is 10.0. The van der Waals surface area contributed by atoms with Gasteiger partial charge in [-0.3, -0.25) is 4.68 Å². The third-order valence-corrected chi connectivity index (χ3v) is 2.98. The molecular formula is C9H18N4O2S. The van der Waals surface area contributed by atoms with Crippen molar-refractivity contribution in [1.29, 1.82) is 0 Å². The normalized spacial score (nSPS) is 13.4. The molecule has 6 nitrogen and oxygen atoms in total. The van der Waals surface area contributed by atoms with Gasteiger partial charge in [0.1, 0.15) is 0 Å². The minimum atomic E-state index is -3.72. The standard InChI is InChI=1S/C9H18N4O2S/c1-9(2,7-12(3)4)13-6-5-8(11-13)16(10,14)15/h5-6H,7H2,1-4H3,(H2,10,14,15). The minimum absolute atomic E-state index is 0.0978. The van der Waals surface area contributed by atoms with Gasteiger partial charge in [-0.1, -0.05) is 0 Å². The molecule has 0 amide bonds. The number of aromatic nitrogens is 2. The summed E-state index contributed by atoms with van der Waals surface area (Å²) in [6, 6.07) is 1.41. The zero-order valence-corrected chi connectivity index (χ0v) is 10.8. The van der Waals surface area contributed by atoms with Crippen molar-refractivity contribution in [3.8, 4) is 0 Å². The van der Waals surface area contributed by atoms with Gasteiger partial charge >= 0.3 is 0 Å². The summed E-state index contributed by atoms with van der Waals surface area (Å²) in [5.74, 6) is 0. The maximum Gasteiger partial charge on any atom is 0.257 e. The molecule has 1 rings (SSSR count). The second-order valence-corrected chi connectivity index (χ2v) is 6.20. The molecule has 0 bridgehead atoms. The molecule has 7 heteroatoms. The Labute approximate surface area is 96.1 Å². The van der Waals surface area contributed by atoms with E-state index in [2.05, 4.69) is 5.10 Å². The van der Waals surface area contributed by atoms with Gasteiger partial charge in [-0.2, -0.15) is 5.10 Å². The number of hydrogen-bond donors (Lipinski definition) is 1. The summed E-state index contributed by atoms with van der Waals surface area (Å²) in [6.45, 7) is 4.71. The van der Waals surface area contributed by atoms with Gasteiger partial charge in [0.2, 0.25) is 0 Å². The van der Waals surface area contributed by atoms with Crippen LogP contribution in [-0.4, -0.2) is 43.7 Å². The number of sulfonamides is 1. The lowest BCUT2D eigenvalue weighted by Gasteiger charge is -2.28. The largest absolute Gasteiger partial charge is 0.307 e. The molecule has 0 aliphatic rings. The van der Waals surface area contributed by atoms with Crippen LogP contribution in [0, 0.1) is 0 Å². The summed E-state index contributed by atoms with van der Waals surface area (Å²) < 4.78 is 23.8. The minimum Gasteiger partial charge on any atom is -0.307 e. The van der Waals surface area contributed by atoms with Crippen LogP contribution in [0.2, 0.25) is 0 Å². The van der Waals surface area contributed by atoms with Gasteiger partial charge < -0.3 is 4.90 Å². The number of rotatable bonds is 4. The molecule has 92 valence electrons.